The molecule has 0 aliphatic heterocycles. The summed E-state index contributed by atoms with van der Waals surface area (Å²) in [5, 5.41) is 17.7. The highest BCUT2D eigenvalue weighted by atomic mass is 35.5. The van der Waals surface area contributed by atoms with Crippen molar-refractivity contribution in [2.45, 2.75) is 19.9 Å². The van der Waals surface area contributed by atoms with Crippen LogP contribution in [0.15, 0.2) is 24.5 Å². The number of ether oxygens (including phenoxy) is 1. The first-order chi connectivity index (χ1) is 10.9. The lowest BCUT2D eigenvalue weighted by molar-refractivity contribution is -0.383. The molecule has 2 aromatic rings. The Bertz CT molecular complexity index is 724. The molecule has 0 saturated heterocycles. The quantitative estimate of drug-likeness (QED) is 0.613. The van der Waals surface area contributed by atoms with Gasteiger partial charge in [-0.2, -0.15) is 0 Å². The minimum absolute atomic E-state index is 0.0165. The fourth-order valence-electron chi connectivity index (χ4n) is 1.93. The van der Waals surface area contributed by atoms with E-state index < -0.39 is 4.92 Å². The summed E-state index contributed by atoms with van der Waals surface area (Å²) < 4.78 is 5.22. The molecule has 0 aliphatic carbocycles. The third kappa shape index (κ3) is 3.98. The number of nitro groups is 1. The van der Waals surface area contributed by atoms with Gasteiger partial charge in [-0.1, -0.05) is 11.6 Å². The third-order valence-corrected chi connectivity index (χ3v) is 3.08. The van der Waals surface area contributed by atoms with E-state index in [0.717, 1.165) is 0 Å². The Morgan fingerprint density at radius 3 is 2.61 bits per heavy atom. The van der Waals surface area contributed by atoms with E-state index in [1.165, 1.54) is 13.4 Å². The van der Waals surface area contributed by atoms with Crippen molar-refractivity contribution >= 4 is 34.6 Å². The van der Waals surface area contributed by atoms with Gasteiger partial charge < -0.3 is 15.4 Å². The fourth-order valence-corrected chi connectivity index (χ4v) is 2.10. The molecule has 122 valence electrons. The number of hydrogen-bond acceptors (Lipinski definition) is 7. The molecule has 1 aromatic heterocycles. The number of nitrogens with zero attached hydrogens (tertiary/aromatic N) is 3. The summed E-state index contributed by atoms with van der Waals surface area (Å²) in [5.41, 5.74) is 0.223. The van der Waals surface area contributed by atoms with Crippen LogP contribution in [0.5, 0.6) is 5.75 Å². The molecule has 0 radical (unpaired) electrons. The number of aromatic nitrogens is 2. The Morgan fingerprint density at radius 2 is 2.00 bits per heavy atom. The minimum atomic E-state index is -0.538. The maximum absolute atomic E-state index is 11.4. The Morgan fingerprint density at radius 1 is 1.30 bits per heavy atom. The molecule has 2 rings (SSSR count). The number of hydrogen-bond donors (Lipinski definition) is 2. The highest BCUT2D eigenvalue weighted by Gasteiger charge is 2.24. The lowest BCUT2D eigenvalue weighted by Gasteiger charge is -2.13. The van der Waals surface area contributed by atoms with Gasteiger partial charge in [0.1, 0.15) is 12.1 Å². The van der Waals surface area contributed by atoms with Gasteiger partial charge >= 0.3 is 5.69 Å². The monoisotopic (exact) mass is 337 g/mol. The van der Waals surface area contributed by atoms with Crippen LogP contribution >= 0.6 is 11.6 Å². The third-order valence-electron chi connectivity index (χ3n) is 2.84. The highest BCUT2D eigenvalue weighted by molar-refractivity contribution is 6.31. The molecular weight excluding hydrogens is 322 g/mol. The van der Waals surface area contributed by atoms with Crippen molar-refractivity contribution in [3.63, 3.8) is 0 Å². The second kappa shape index (κ2) is 7.10. The van der Waals surface area contributed by atoms with Gasteiger partial charge in [0.2, 0.25) is 11.6 Å². The molecule has 1 aromatic carbocycles. The topological polar surface area (TPSA) is 102 Å². The average Bonchev–Trinajstić information content (AvgIpc) is 2.46. The van der Waals surface area contributed by atoms with Crippen molar-refractivity contribution in [2.75, 3.05) is 17.7 Å². The van der Waals surface area contributed by atoms with Gasteiger partial charge in [-0.3, -0.25) is 10.1 Å². The second-order valence-electron chi connectivity index (χ2n) is 4.95. The summed E-state index contributed by atoms with van der Waals surface area (Å²) in [4.78, 5) is 18.8. The predicted octanol–water partition coefficient (Wildman–Crippen LogP) is 3.61. The number of anilines is 3. The summed E-state index contributed by atoms with van der Waals surface area (Å²) >= 11 is 5.97. The maximum Gasteiger partial charge on any atom is 0.353 e. The number of benzene rings is 1. The van der Waals surface area contributed by atoms with Crippen molar-refractivity contribution in [3.8, 4) is 5.75 Å². The predicted molar refractivity (Wildman–Crippen MR) is 88.7 cm³/mol. The van der Waals surface area contributed by atoms with Crippen molar-refractivity contribution in [1.82, 2.24) is 9.97 Å². The van der Waals surface area contributed by atoms with Gasteiger partial charge in [-0.15, -0.1) is 0 Å². The molecule has 0 saturated carbocycles. The standard InChI is InChI=1S/C14H16ClN5O3/c1-8(2)18-13-12(20(21)22)14(17-7-16-13)19-10-6-9(15)4-5-11(10)23-3/h4-8H,1-3H3,(H2,16,17,18,19). The number of nitrogens with one attached hydrogen (secondary N) is 2. The van der Waals surface area contributed by atoms with Crippen molar-refractivity contribution in [3.05, 3.63) is 39.7 Å². The minimum Gasteiger partial charge on any atom is -0.495 e. The van der Waals surface area contributed by atoms with Gasteiger partial charge in [-0.05, 0) is 32.0 Å². The first kappa shape index (κ1) is 16.8. The lowest BCUT2D eigenvalue weighted by atomic mass is 10.2. The van der Waals surface area contributed by atoms with E-state index in [1.54, 1.807) is 18.2 Å². The van der Waals surface area contributed by atoms with Crippen molar-refractivity contribution < 1.29 is 9.66 Å². The summed E-state index contributed by atoms with van der Waals surface area (Å²) in [5.74, 6) is 0.679. The molecule has 0 unspecified atom stereocenters. The molecule has 9 heteroatoms. The SMILES string of the molecule is COc1ccc(Cl)cc1Nc1ncnc(NC(C)C)c1[N+](=O)[O-]. The van der Waals surface area contributed by atoms with E-state index in [-0.39, 0.29) is 23.4 Å². The molecule has 0 atom stereocenters. The van der Waals surface area contributed by atoms with Crippen molar-refractivity contribution in [2.24, 2.45) is 0 Å². The summed E-state index contributed by atoms with van der Waals surface area (Å²) in [6, 6.07) is 4.90. The molecular formula is C14H16ClN5O3. The van der Waals surface area contributed by atoms with Crippen LogP contribution in [0.1, 0.15) is 13.8 Å². The van der Waals surface area contributed by atoms with Crippen LogP contribution in [0.2, 0.25) is 5.02 Å². The maximum atomic E-state index is 11.4. The van der Waals surface area contributed by atoms with Crippen LogP contribution in [0.4, 0.5) is 23.0 Å². The number of rotatable bonds is 6. The Hall–Kier alpha value is -2.61. The number of halogens is 1. The summed E-state index contributed by atoms with van der Waals surface area (Å²) in [6.45, 7) is 3.72. The Kier molecular flexibility index (Phi) is 5.17. The zero-order chi connectivity index (χ0) is 17.0. The van der Waals surface area contributed by atoms with E-state index >= 15 is 0 Å². The van der Waals surface area contributed by atoms with Crippen LogP contribution in [-0.4, -0.2) is 28.0 Å². The highest BCUT2D eigenvalue weighted by Crippen LogP contribution is 2.35. The van der Waals surface area contributed by atoms with Gasteiger partial charge in [0.05, 0.1) is 17.7 Å². The van der Waals surface area contributed by atoms with E-state index in [2.05, 4.69) is 20.6 Å². The summed E-state index contributed by atoms with van der Waals surface area (Å²) in [6.07, 6.45) is 1.25. The zero-order valence-corrected chi connectivity index (χ0v) is 13.6. The van der Waals surface area contributed by atoms with Crippen LogP contribution < -0.4 is 15.4 Å². The molecule has 8 nitrogen and oxygen atoms in total. The van der Waals surface area contributed by atoms with E-state index in [1.807, 2.05) is 13.8 Å². The summed E-state index contributed by atoms with van der Waals surface area (Å²) in [7, 11) is 1.49. The van der Waals surface area contributed by atoms with E-state index in [9.17, 15) is 10.1 Å². The fraction of sp³-hybridized carbons (Fsp3) is 0.286. The smallest absolute Gasteiger partial charge is 0.353 e. The lowest BCUT2D eigenvalue weighted by Crippen LogP contribution is -2.14. The first-order valence-corrected chi connectivity index (χ1v) is 7.16. The largest absolute Gasteiger partial charge is 0.495 e. The van der Waals surface area contributed by atoms with Crippen LogP contribution in [0, 0.1) is 10.1 Å². The van der Waals surface area contributed by atoms with Gasteiger partial charge in [-0.25, -0.2) is 9.97 Å². The second-order valence-corrected chi connectivity index (χ2v) is 5.38. The molecule has 0 aliphatic rings. The normalized spacial score (nSPS) is 10.5. The molecule has 2 N–H and O–H groups in total. The molecule has 0 amide bonds. The van der Waals surface area contributed by atoms with Gasteiger partial charge in [0.15, 0.2) is 0 Å². The Balaban J connectivity index is 2.48. The van der Waals surface area contributed by atoms with Crippen LogP contribution in [0.25, 0.3) is 0 Å². The molecule has 23 heavy (non-hydrogen) atoms. The van der Waals surface area contributed by atoms with Gasteiger partial charge in [0, 0.05) is 11.1 Å². The van der Waals surface area contributed by atoms with Crippen LogP contribution in [0.3, 0.4) is 0 Å². The first-order valence-electron chi connectivity index (χ1n) is 6.79. The average molecular weight is 338 g/mol. The van der Waals surface area contributed by atoms with E-state index in [4.69, 9.17) is 16.3 Å². The van der Waals surface area contributed by atoms with E-state index in [0.29, 0.717) is 16.5 Å². The molecule has 0 bridgehead atoms. The Labute approximate surface area is 138 Å². The molecule has 0 fully saturated rings. The molecule has 1 heterocycles. The molecule has 0 spiro atoms. The zero-order valence-electron chi connectivity index (χ0n) is 12.8. The van der Waals surface area contributed by atoms with Crippen LogP contribution in [-0.2, 0) is 0 Å². The number of methoxy groups -OCH3 is 1. The van der Waals surface area contributed by atoms with Crippen molar-refractivity contribution in [1.29, 1.82) is 0 Å². The van der Waals surface area contributed by atoms with Gasteiger partial charge in [0.25, 0.3) is 0 Å².